The van der Waals surface area contributed by atoms with Gasteiger partial charge in [-0.05, 0) is 62.6 Å². The third-order valence-electron chi connectivity index (χ3n) is 4.84. The van der Waals surface area contributed by atoms with Crippen molar-refractivity contribution in [1.29, 1.82) is 5.26 Å². The van der Waals surface area contributed by atoms with Crippen LogP contribution in [0.25, 0.3) is 5.70 Å². The summed E-state index contributed by atoms with van der Waals surface area (Å²) in [5.74, 6) is 0.507. The third kappa shape index (κ3) is 5.65. The number of aromatic nitrogens is 1. The number of hydrogen-bond donors (Lipinski definition) is 0. The molecule has 2 aromatic rings. The molecule has 0 radical (unpaired) electrons. The Morgan fingerprint density at radius 2 is 1.97 bits per heavy atom. The van der Waals surface area contributed by atoms with Gasteiger partial charge in [-0.2, -0.15) is 5.26 Å². The number of hydrogen-bond acceptors (Lipinski definition) is 9. The smallest absolute Gasteiger partial charge is 0.295 e. The molecular formula is C21H20N4O8. The van der Waals surface area contributed by atoms with Crippen molar-refractivity contribution in [3.8, 4) is 11.8 Å². The molecule has 12 nitrogen and oxygen atoms in total. The Hall–Kier alpha value is -4.40. The van der Waals surface area contributed by atoms with Crippen LogP contribution in [0.15, 0.2) is 47.4 Å². The van der Waals surface area contributed by atoms with E-state index in [1.54, 1.807) is 24.3 Å². The lowest BCUT2D eigenvalue weighted by Gasteiger charge is -2.31. The van der Waals surface area contributed by atoms with Gasteiger partial charge in [-0.25, -0.2) is 0 Å². The van der Waals surface area contributed by atoms with E-state index in [1.165, 1.54) is 22.9 Å². The summed E-state index contributed by atoms with van der Waals surface area (Å²) in [4.78, 5) is 43.1. The highest BCUT2D eigenvalue weighted by Crippen LogP contribution is 2.37. The average Bonchev–Trinajstić information content (AvgIpc) is 2.74. The summed E-state index contributed by atoms with van der Waals surface area (Å²) in [6.45, 7) is 3.38. The number of ether oxygens (including phenoxy) is 1. The van der Waals surface area contributed by atoms with Crippen LogP contribution in [0.2, 0.25) is 0 Å². The topological polar surface area (TPSA) is 160 Å². The van der Waals surface area contributed by atoms with Gasteiger partial charge in [-0.15, -0.1) is 20.2 Å². The van der Waals surface area contributed by atoms with Crippen molar-refractivity contribution in [3.05, 3.63) is 89.9 Å². The Labute approximate surface area is 187 Å². The van der Waals surface area contributed by atoms with Crippen LogP contribution in [-0.4, -0.2) is 26.9 Å². The van der Waals surface area contributed by atoms with Crippen LogP contribution >= 0.6 is 0 Å². The molecule has 1 aliphatic heterocycles. The minimum Gasteiger partial charge on any atom is -0.483 e. The van der Waals surface area contributed by atoms with E-state index in [2.05, 4.69) is 15.7 Å². The first-order valence-electron chi connectivity index (χ1n) is 9.87. The van der Waals surface area contributed by atoms with Crippen molar-refractivity contribution < 1.29 is 24.6 Å². The summed E-state index contributed by atoms with van der Waals surface area (Å²) in [7, 11) is 0. The maximum atomic E-state index is 13.0. The molecule has 1 aromatic carbocycles. The molecule has 0 bridgehead atoms. The molecule has 0 amide bonds. The summed E-state index contributed by atoms with van der Waals surface area (Å²) in [5.41, 5.74) is 0.474. The van der Waals surface area contributed by atoms with Crippen molar-refractivity contribution in [2.24, 2.45) is 0 Å². The third-order valence-corrected chi connectivity index (χ3v) is 4.84. The van der Waals surface area contributed by atoms with Crippen molar-refractivity contribution in [2.75, 3.05) is 6.61 Å². The quantitative estimate of drug-likeness (QED) is 0.314. The fraction of sp³-hybridized carbons (Fsp3) is 0.333. The van der Waals surface area contributed by atoms with E-state index in [0.717, 1.165) is 0 Å². The van der Waals surface area contributed by atoms with Crippen LogP contribution in [0.3, 0.4) is 0 Å². The van der Waals surface area contributed by atoms with Crippen molar-refractivity contribution in [3.63, 3.8) is 0 Å². The predicted molar refractivity (Wildman–Crippen MR) is 113 cm³/mol. The van der Waals surface area contributed by atoms with Gasteiger partial charge in [0.15, 0.2) is 0 Å². The Kier molecular flexibility index (Phi) is 6.62. The molecule has 0 N–H and O–H groups in total. The first kappa shape index (κ1) is 23.3. The van der Waals surface area contributed by atoms with Gasteiger partial charge in [0.05, 0.1) is 23.9 Å². The van der Waals surface area contributed by atoms with E-state index in [1.807, 2.05) is 13.8 Å². The number of pyridine rings is 1. The number of fused-ring (bicyclic) bond motifs is 1. The Balaban J connectivity index is 1.95. The monoisotopic (exact) mass is 456 g/mol. The predicted octanol–water partition coefficient (Wildman–Crippen LogP) is 3.02. The summed E-state index contributed by atoms with van der Waals surface area (Å²) < 4.78 is 7.29. The second kappa shape index (κ2) is 9.39. The van der Waals surface area contributed by atoms with Crippen LogP contribution < -0.4 is 10.3 Å². The van der Waals surface area contributed by atoms with Crippen LogP contribution in [0, 0.1) is 31.6 Å². The molecule has 1 atom stereocenters. The molecule has 0 spiro atoms. The summed E-state index contributed by atoms with van der Waals surface area (Å²) >= 11 is 0. The molecule has 3 rings (SSSR count). The highest BCUT2D eigenvalue weighted by molar-refractivity contribution is 5.74. The average molecular weight is 456 g/mol. The Morgan fingerprint density at radius 3 is 2.61 bits per heavy atom. The number of benzene rings is 1. The van der Waals surface area contributed by atoms with Gasteiger partial charge in [0.1, 0.15) is 17.5 Å². The van der Waals surface area contributed by atoms with Crippen molar-refractivity contribution in [2.45, 2.75) is 38.4 Å². The SMILES string of the molecule is CC1(C)C=C(n2ccc(C(CCCO[N+](=O)[O-])O[N+](=O)[O-])cc2=O)c2cc(C#N)ccc2O1. The highest BCUT2D eigenvalue weighted by atomic mass is 17.0. The lowest BCUT2D eigenvalue weighted by Crippen LogP contribution is -2.32. The molecular weight excluding hydrogens is 436 g/mol. The molecule has 1 aromatic heterocycles. The van der Waals surface area contributed by atoms with Gasteiger partial charge < -0.3 is 14.4 Å². The second-order valence-corrected chi connectivity index (χ2v) is 7.74. The fourth-order valence-corrected chi connectivity index (χ4v) is 3.49. The second-order valence-electron chi connectivity index (χ2n) is 7.74. The molecule has 1 unspecified atom stereocenters. The number of nitriles is 1. The zero-order chi connectivity index (χ0) is 24.2. The van der Waals surface area contributed by atoms with Crippen molar-refractivity contribution >= 4 is 5.70 Å². The summed E-state index contributed by atoms with van der Waals surface area (Å²) in [5, 5.41) is 28.5. The van der Waals surface area contributed by atoms with Gasteiger partial charge in [0, 0.05) is 17.8 Å². The van der Waals surface area contributed by atoms with Crippen LogP contribution in [0.1, 0.15) is 49.5 Å². The maximum absolute atomic E-state index is 13.0. The molecule has 33 heavy (non-hydrogen) atoms. The largest absolute Gasteiger partial charge is 0.483 e. The van der Waals surface area contributed by atoms with E-state index < -0.39 is 27.4 Å². The molecule has 0 fully saturated rings. The zero-order valence-electron chi connectivity index (χ0n) is 17.8. The van der Waals surface area contributed by atoms with E-state index in [0.29, 0.717) is 22.6 Å². The normalized spacial score (nSPS) is 14.6. The van der Waals surface area contributed by atoms with Crippen LogP contribution in [-0.2, 0) is 9.68 Å². The van der Waals surface area contributed by atoms with Gasteiger partial charge in [0.25, 0.3) is 15.7 Å². The zero-order valence-corrected chi connectivity index (χ0v) is 17.8. The van der Waals surface area contributed by atoms with E-state index in [4.69, 9.17) is 4.74 Å². The fourth-order valence-electron chi connectivity index (χ4n) is 3.49. The van der Waals surface area contributed by atoms with E-state index >= 15 is 0 Å². The molecule has 0 aliphatic carbocycles. The lowest BCUT2D eigenvalue weighted by atomic mass is 9.97. The standard InChI is InChI=1S/C21H20N4O8/c1-21(2)12-17(16-10-14(13-22)5-6-19(16)32-21)23-8-7-15(11-20(23)26)18(33-25(29)30)4-3-9-31-24(27)28/h5-8,10-12,18H,3-4,9H2,1-2H3. The van der Waals surface area contributed by atoms with Crippen molar-refractivity contribution in [1.82, 2.24) is 4.57 Å². The molecule has 172 valence electrons. The maximum Gasteiger partial charge on any atom is 0.295 e. The molecule has 2 heterocycles. The molecule has 0 saturated carbocycles. The highest BCUT2D eigenvalue weighted by Gasteiger charge is 2.28. The molecule has 0 saturated heterocycles. The van der Waals surface area contributed by atoms with E-state index in [-0.39, 0.29) is 25.0 Å². The van der Waals surface area contributed by atoms with Gasteiger partial charge in [-0.3, -0.25) is 9.36 Å². The molecule has 12 heteroatoms. The van der Waals surface area contributed by atoms with E-state index in [9.17, 15) is 30.3 Å². The first-order valence-corrected chi connectivity index (χ1v) is 9.87. The van der Waals surface area contributed by atoms with Gasteiger partial charge in [-0.1, -0.05) is 0 Å². The number of rotatable bonds is 9. The van der Waals surface area contributed by atoms with Gasteiger partial charge >= 0.3 is 0 Å². The Bertz CT molecular complexity index is 1210. The summed E-state index contributed by atoms with van der Waals surface area (Å²) in [6, 6.07) is 9.66. The minimum atomic E-state index is -1.10. The number of nitrogens with zero attached hydrogens (tertiary/aromatic N) is 4. The lowest BCUT2D eigenvalue weighted by molar-refractivity contribution is -0.772. The van der Waals surface area contributed by atoms with Gasteiger partial charge in [0.2, 0.25) is 0 Å². The van der Waals surface area contributed by atoms with Crippen LogP contribution in [0.4, 0.5) is 0 Å². The minimum absolute atomic E-state index is 0.0240. The summed E-state index contributed by atoms with van der Waals surface area (Å²) in [6.07, 6.45) is 2.23. The molecule has 1 aliphatic rings. The Morgan fingerprint density at radius 1 is 1.21 bits per heavy atom. The first-order chi connectivity index (χ1) is 15.6. The van der Waals surface area contributed by atoms with Crippen LogP contribution in [0.5, 0.6) is 5.75 Å².